The molecule has 0 spiro atoms. The van der Waals surface area contributed by atoms with E-state index in [9.17, 15) is 14.4 Å². The van der Waals surface area contributed by atoms with E-state index in [0.29, 0.717) is 18.0 Å². The van der Waals surface area contributed by atoms with Crippen molar-refractivity contribution in [2.24, 2.45) is 0 Å². The van der Waals surface area contributed by atoms with Crippen LogP contribution < -0.4 is 15.4 Å². The molecule has 0 heterocycles. The first-order chi connectivity index (χ1) is 17.4. The van der Waals surface area contributed by atoms with Gasteiger partial charge in [-0.15, -0.1) is 11.8 Å². The first-order valence-corrected chi connectivity index (χ1v) is 12.7. The highest BCUT2D eigenvalue weighted by Crippen LogP contribution is 2.37. The van der Waals surface area contributed by atoms with Gasteiger partial charge in [0.1, 0.15) is 11.0 Å². The molecule has 3 rings (SSSR count). The number of carbonyl (C=O) groups is 3. The van der Waals surface area contributed by atoms with Gasteiger partial charge in [0.2, 0.25) is 11.8 Å². The van der Waals surface area contributed by atoms with E-state index >= 15 is 0 Å². The van der Waals surface area contributed by atoms with Crippen LogP contribution >= 0.6 is 11.8 Å². The number of carbonyl (C=O) groups excluding carboxylic acids is 2. The highest BCUT2D eigenvalue weighted by molar-refractivity contribution is 8.00. The third-order valence-electron chi connectivity index (χ3n) is 5.17. The van der Waals surface area contributed by atoms with E-state index in [1.165, 1.54) is 11.8 Å². The van der Waals surface area contributed by atoms with Crippen molar-refractivity contribution >= 4 is 40.9 Å². The highest BCUT2D eigenvalue weighted by atomic mass is 32.2. The average molecular weight is 507 g/mol. The Morgan fingerprint density at radius 1 is 0.889 bits per heavy atom. The Balaban J connectivity index is 1.71. The second kappa shape index (κ2) is 13.9. The minimum absolute atomic E-state index is 0.107. The van der Waals surface area contributed by atoms with Crippen molar-refractivity contribution in [1.29, 1.82) is 0 Å². The molecule has 36 heavy (non-hydrogen) atoms. The van der Waals surface area contributed by atoms with Gasteiger partial charge in [0.05, 0.1) is 13.0 Å². The maximum atomic E-state index is 13.3. The number of hydrogen-bond acceptors (Lipinski definition) is 5. The summed E-state index contributed by atoms with van der Waals surface area (Å²) in [4.78, 5) is 36.9. The summed E-state index contributed by atoms with van der Waals surface area (Å²) in [6.45, 7) is 2.77. The van der Waals surface area contributed by atoms with Gasteiger partial charge in [-0.1, -0.05) is 49.7 Å². The predicted octanol–water partition coefficient (Wildman–Crippen LogP) is 6.14. The molecule has 0 aliphatic carbocycles. The van der Waals surface area contributed by atoms with Crippen molar-refractivity contribution < 1.29 is 24.2 Å². The standard InChI is InChI=1S/C28H30N2O5S/c1-2-3-18-35-23-14-12-21(13-15-23)30-28(34)27(20-8-5-4-6-9-20)36-24-11-7-10-22(19-24)29-25(31)16-17-26(32)33/h4-15,19,27H,2-3,16-18H2,1H3,(H,29,31)(H,30,34)(H,32,33). The fourth-order valence-electron chi connectivity index (χ4n) is 3.30. The van der Waals surface area contributed by atoms with Crippen LogP contribution in [0.15, 0.2) is 83.8 Å². The van der Waals surface area contributed by atoms with Gasteiger partial charge in [0.15, 0.2) is 0 Å². The van der Waals surface area contributed by atoms with Crippen LogP contribution in [0.4, 0.5) is 11.4 Å². The quantitative estimate of drug-likeness (QED) is 0.190. The molecular formula is C28H30N2O5S. The van der Waals surface area contributed by atoms with Crippen LogP contribution in [0.2, 0.25) is 0 Å². The third kappa shape index (κ3) is 8.78. The second-order valence-corrected chi connectivity index (χ2v) is 9.27. The lowest BCUT2D eigenvalue weighted by Gasteiger charge is -2.18. The zero-order valence-corrected chi connectivity index (χ0v) is 20.9. The Morgan fingerprint density at radius 2 is 1.64 bits per heavy atom. The van der Waals surface area contributed by atoms with Gasteiger partial charge in [-0.05, 0) is 54.4 Å². The van der Waals surface area contributed by atoms with Crippen LogP contribution in [0.5, 0.6) is 5.75 Å². The van der Waals surface area contributed by atoms with Crippen molar-refractivity contribution in [1.82, 2.24) is 0 Å². The molecule has 0 saturated carbocycles. The van der Waals surface area contributed by atoms with Gasteiger partial charge in [0.25, 0.3) is 0 Å². The number of carboxylic acid groups (broad SMARTS) is 1. The Morgan fingerprint density at radius 3 is 2.33 bits per heavy atom. The van der Waals surface area contributed by atoms with E-state index in [2.05, 4.69) is 17.6 Å². The van der Waals surface area contributed by atoms with Crippen LogP contribution in [-0.4, -0.2) is 29.5 Å². The lowest BCUT2D eigenvalue weighted by atomic mass is 10.1. The van der Waals surface area contributed by atoms with Crippen LogP contribution in [0, 0.1) is 0 Å². The maximum Gasteiger partial charge on any atom is 0.303 e. The highest BCUT2D eigenvalue weighted by Gasteiger charge is 2.22. The fourth-order valence-corrected chi connectivity index (χ4v) is 4.39. The summed E-state index contributed by atoms with van der Waals surface area (Å²) in [5, 5.41) is 13.9. The number of aliphatic carboxylic acids is 1. The number of unbranched alkanes of at least 4 members (excludes halogenated alkanes) is 1. The summed E-state index contributed by atoms with van der Waals surface area (Å²) in [6.07, 6.45) is 1.71. The molecule has 3 N–H and O–H groups in total. The van der Waals surface area contributed by atoms with Crippen molar-refractivity contribution in [3.8, 4) is 5.75 Å². The number of ether oxygens (including phenoxy) is 1. The lowest BCUT2D eigenvalue weighted by molar-refractivity contribution is -0.138. The van der Waals surface area contributed by atoms with Crippen LogP contribution in [0.1, 0.15) is 43.4 Å². The summed E-state index contributed by atoms with van der Waals surface area (Å²) in [6, 6.07) is 23.9. The van der Waals surface area contributed by atoms with Gasteiger partial charge in [0, 0.05) is 22.7 Å². The van der Waals surface area contributed by atoms with Crippen LogP contribution in [0.3, 0.4) is 0 Å². The number of nitrogens with one attached hydrogen (secondary N) is 2. The molecule has 0 fully saturated rings. The number of rotatable bonds is 13. The molecule has 3 aromatic carbocycles. The van der Waals surface area contributed by atoms with E-state index in [1.807, 2.05) is 60.7 Å². The van der Waals surface area contributed by atoms with E-state index in [-0.39, 0.29) is 24.7 Å². The Kier molecular flexibility index (Phi) is 10.4. The fraction of sp³-hybridized carbons (Fsp3) is 0.250. The molecule has 3 aromatic rings. The largest absolute Gasteiger partial charge is 0.494 e. The summed E-state index contributed by atoms with van der Waals surface area (Å²) in [5.74, 6) is -0.816. The molecule has 0 saturated heterocycles. The average Bonchev–Trinajstić information content (AvgIpc) is 2.88. The number of thioether (sulfide) groups is 1. The number of hydrogen-bond donors (Lipinski definition) is 3. The minimum atomic E-state index is -1.02. The van der Waals surface area contributed by atoms with Gasteiger partial charge in [-0.25, -0.2) is 0 Å². The Labute approximate surface area is 215 Å². The van der Waals surface area contributed by atoms with Crippen molar-refractivity contribution in [3.63, 3.8) is 0 Å². The minimum Gasteiger partial charge on any atom is -0.494 e. The van der Waals surface area contributed by atoms with Crippen LogP contribution in [0.25, 0.3) is 0 Å². The van der Waals surface area contributed by atoms with Gasteiger partial charge in [-0.2, -0.15) is 0 Å². The predicted molar refractivity (Wildman–Crippen MR) is 142 cm³/mol. The number of carboxylic acids is 1. The van der Waals surface area contributed by atoms with E-state index in [0.717, 1.165) is 29.1 Å². The Hall–Kier alpha value is -3.78. The zero-order chi connectivity index (χ0) is 25.8. The van der Waals surface area contributed by atoms with Gasteiger partial charge < -0.3 is 20.5 Å². The molecule has 1 atom stereocenters. The normalized spacial score (nSPS) is 11.4. The summed E-state index contributed by atoms with van der Waals surface area (Å²) in [7, 11) is 0. The summed E-state index contributed by atoms with van der Waals surface area (Å²) < 4.78 is 5.69. The van der Waals surface area contributed by atoms with Crippen molar-refractivity contribution in [2.45, 2.75) is 42.8 Å². The molecule has 0 radical (unpaired) electrons. The van der Waals surface area contributed by atoms with E-state index in [1.54, 1.807) is 18.2 Å². The van der Waals surface area contributed by atoms with Crippen LogP contribution in [-0.2, 0) is 14.4 Å². The maximum absolute atomic E-state index is 13.3. The molecule has 7 nitrogen and oxygen atoms in total. The number of benzene rings is 3. The topological polar surface area (TPSA) is 105 Å². The summed E-state index contributed by atoms with van der Waals surface area (Å²) >= 11 is 1.36. The smallest absolute Gasteiger partial charge is 0.303 e. The van der Waals surface area contributed by atoms with Crippen molar-refractivity contribution in [2.75, 3.05) is 17.2 Å². The van der Waals surface area contributed by atoms with E-state index < -0.39 is 11.2 Å². The van der Waals surface area contributed by atoms with Crippen molar-refractivity contribution in [3.05, 3.63) is 84.4 Å². The SMILES string of the molecule is CCCCOc1ccc(NC(=O)C(Sc2cccc(NC(=O)CCC(=O)O)c2)c2ccccc2)cc1. The second-order valence-electron chi connectivity index (χ2n) is 8.09. The van der Waals surface area contributed by atoms with E-state index in [4.69, 9.17) is 9.84 Å². The molecular weight excluding hydrogens is 476 g/mol. The first kappa shape index (κ1) is 26.8. The van der Waals surface area contributed by atoms with Gasteiger partial charge >= 0.3 is 5.97 Å². The molecule has 188 valence electrons. The molecule has 0 bridgehead atoms. The lowest BCUT2D eigenvalue weighted by Crippen LogP contribution is -2.19. The first-order valence-electron chi connectivity index (χ1n) is 11.8. The molecule has 0 aliphatic heterocycles. The zero-order valence-electron chi connectivity index (χ0n) is 20.1. The molecule has 1 unspecified atom stereocenters. The molecule has 2 amide bonds. The molecule has 0 aromatic heterocycles. The Bertz CT molecular complexity index is 1150. The molecule has 0 aliphatic rings. The number of amides is 2. The number of anilines is 2. The van der Waals surface area contributed by atoms with Gasteiger partial charge in [-0.3, -0.25) is 14.4 Å². The molecule has 8 heteroatoms. The monoisotopic (exact) mass is 506 g/mol. The third-order valence-corrected chi connectivity index (χ3v) is 6.41. The summed E-state index contributed by atoms with van der Waals surface area (Å²) in [5.41, 5.74) is 2.06.